The number of allylic oxidation sites excluding steroid dienone is 1. The molecule has 0 bridgehead atoms. The molecule has 3 heteroatoms. The lowest BCUT2D eigenvalue weighted by Gasteiger charge is -2.38. The van der Waals surface area contributed by atoms with Crippen molar-refractivity contribution in [2.75, 3.05) is 0 Å². The first-order chi connectivity index (χ1) is 14.1. The van der Waals surface area contributed by atoms with Crippen molar-refractivity contribution in [2.24, 2.45) is 17.8 Å². The molecule has 1 aromatic carbocycles. The first-order valence-corrected chi connectivity index (χ1v) is 11.9. The molecule has 0 spiro atoms. The van der Waals surface area contributed by atoms with Crippen molar-refractivity contribution < 1.29 is 13.5 Å². The minimum absolute atomic E-state index is 0.0336. The minimum atomic E-state index is -0.857. The highest BCUT2D eigenvalue weighted by Gasteiger charge is 2.32. The maximum atomic E-state index is 14.6. The zero-order valence-electron chi connectivity index (χ0n) is 18.3. The number of ether oxygens (including phenoxy) is 1. The van der Waals surface area contributed by atoms with Crippen LogP contribution in [-0.2, 0) is 0 Å². The van der Waals surface area contributed by atoms with E-state index in [0.717, 1.165) is 43.4 Å². The van der Waals surface area contributed by atoms with E-state index in [0.29, 0.717) is 5.56 Å². The second-order valence-corrected chi connectivity index (χ2v) is 9.26. The molecule has 0 saturated heterocycles. The number of unbranched alkanes of at least 4 members (excludes halogenated alkanes) is 2. The molecule has 29 heavy (non-hydrogen) atoms. The van der Waals surface area contributed by atoms with E-state index in [-0.39, 0.29) is 11.7 Å². The average Bonchev–Trinajstić information content (AvgIpc) is 2.76. The lowest BCUT2D eigenvalue weighted by atomic mass is 9.68. The summed E-state index contributed by atoms with van der Waals surface area (Å²) in [5.41, 5.74) is 0.536. The summed E-state index contributed by atoms with van der Waals surface area (Å²) in [6.45, 7) is 4.06. The quantitative estimate of drug-likeness (QED) is 0.311. The summed E-state index contributed by atoms with van der Waals surface area (Å²) in [6.07, 6.45) is 18.4. The normalized spacial score (nSPS) is 28.0. The van der Waals surface area contributed by atoms with Crippen LogP contribution >= 0.6 is 0 Å². The van der Waals surface area contributed by atoms with Crippen LogP contribution in [0.2, 0.25) is 0 Å². The molecule has 0 aliphatic heterocycles. The predicted octanol–water partition coefficient (Wildman–Crippen LogP) is 8.54. The van der Waals surface area contributed by atoms with Gasteiger partial charge in [0.1, 0.15) is 0 Å². The van der Waals surface area contributed by atoms with E-state index >= 15 is 0 Å². The molecule has 0 N–H and O–H groups in total. The summed E-state index contributed by atoms with van der Waals surface area (Å²) in [5.74, 6) is 1.13. The third kappa shape index (κ3) is 5.83. The molecule has 2 aliphatic carbocycles. The van der Waals surface area contributed by atoms with Gasteiger partial charge in [-0.15, -0.1) is 0 Å². The Morgan fingerprint density at radius 2 is 1.55 bits per heavy atom. The average molecular weight is 405 g/mol. The molecule has 0 aromatic heterocycles. The fourth-order valence-electron chi connectivity index (χ4n) is 5.63. The summed E-state index contributed by atoms with van der Waals surface area (Å²) in [4.78, 5) is 0. The monoisotopic (exact) mass is 404 g/mol. The molecule has 0 heterocycles. The van der Waals surface area contributed by atoms with E-state index in [2.05, 4.69) is 6.92 Å². The standard InChI is InChI=1S/C26H38F2O/c1-3-5-6-7-19-8-10-20(11-9-19)21-12-14-22(15-13-21)23-16-17-24(29-18-4-2)26(28)25(23)27/h4,16-22H,3,5-15H2,1-2H3/b18-4-. The number of hydrogen-bond acceptors (Lipinski definition) is 1. The van der Waals surface area contributed by atoms with Gasteiger partial charge in [-0.1, -0.05) is 57.6 Å². The number of rotatable bonds is 8. The number of hydrogen-bond donors (Lipinski definition) is 0. The van der Waals surface area contributed by atoms with Gasteiger partial charge in [-0.2, -0.15) is 4.39 Å². The van der Waals surface area contributed by atoms with E-state index in [1.807, 2.05) is 0 Å². The van der Waals surface area contributed by atoms with Crippen molar-refractivity contribution in [2.45, 2.75) is 96.8 Å². The topological polar surface area (TPSA) is 9.23 Å². The van der Waals surface area contributed by atoms with Crippen molar-refractivity contribution >= 4 is 0 Å². The Hall–Kier alpha value is -1.38. The van der Waals surface area contributed by atoms with E-state index in [4.69, 9.17) is 4.74 Å². The minimum Gasteiger partial charge on any atom is -0.462 e. The van der Waals surface area contributed by atoms with Crippen molar-refractivity contribution in [1.82, 2.24) is 0 Å². The Bertz CT molecular complexity index is 653. The number of benzene rings is 1. The Kier molecular flexibility index (Phi) is 8.56. The molecule has 2 aliphatic rings. The Labute approximate surface area is 175 Å². The van der Waals surface area contributed by atoms with Gasteiger partial charge in [-0.3, -0.25) is 0 Å². The van der Waals surface area contributed by atoms with E-state index in [1.54, 1.807) is 25.1 Å². The summed E-state index contributed by atoms with van der Waals surface area (Å²) in [6, 6.07) is 3.30. The SMILES string of the molecule is C/C=C\Oc1ccc(C2CCC(C3CCC(CCCCC)CC3)CC2)c(F)c1F. The summed E-state index contributed by atoms with van der Waals surface area (Å²) >= 11 is 0. The van der Waals surface area contributed by atoms with Gasteiger partial charge in [0.05, 0.1) is 6.26 Å². The highest BCUT2D eigenvalue weighted by Crippen LogP contribution is 2.45. The maximum Gasteiger partial charge on any atom is 0.201 e. The van der Waals surface area contributed by atoms with Gasteiger partial charge in [-0.05, 0) is 80.8 Å². The molecule has 0 atom stereocenters. The second-order valence-electron chi connectivity index (χ2n) is 9.26. The van der Waals surface area contributed by atoms with Gasteiger partial charge < -0.3 is 4.74 Å². The Balaban J connectivity index is 1.49. The molecule has 1 aromatic rings. The van der Waals surface area contributed by atoms with Crippen molar-refractivity contribution in [1.29, 1.82) is 0 Å². The van der Waals surface area contributed by atoms with Crippen LogP contribution in [0.25, 0.3) is 0 Å². The van der Waals surface area contributed by atoms with Crippen LogP contribution in [0, 0.1) is 29.4 Å². The lowest BCUT2D eigenvalue weighted by molar-refractivity contribution is 0.155. The van der Waals surface area contributed by atoms with Gasteiger partial charge in [0.15, 0.2) is 11.6 Å². The van der Waals surface area contributed by atoms with Gasteiger partial charge >= 0.3 is 0 Å². The van der Waals surface area contributed by atoms with Gasteiger partial charge in [0, 0.05) is 0 Å². The molecule has 1 nitrogen and oxygen atoms in total. The lowest BCUT2D eigenvalue weighted by Crippen LogP contribution is -2.25. The highest BCUT2D eigenvalue weighted by atomic mass is 19.2. The van der Waals surface area contributed by atoms with Crippen LogP contribution < -0.4 is 4.74 Å². The molecule has 2 saturated carbocycles. The Morgan fingerprint density at radius 3 is 2.17 bits per heavy atom. The third-order valence-electron chi connectivity index (χ3n) is 7.39. The number of halogens is 2. The maximum absolute atomic E-state index is 14.6. The predicted molar refractivity (Wildman–Crippen MR) is 116 cm³/mol. The van der Waals surface area contributed by atoms with Gasteiger partial charge in [0.2, 0.25) is 5.82 Å². The Morgan fingerprint density at radius 1 is 0.897 bits per heavy atom. The van der Waals surface area contributed by atoms with E-state index in [9.17, 15) is 8.78 Å². The van der Waals surface area contributed by atoms with Crippen LogP contribution in [0.4, 0.5) is 8.78 Å². The van der Waals surface area contributed by atoms with Crippen LogP contribution in [0.1, 0.15) is 102 Å². The fourth-order valence-corrected chi connectivity index (χ4v) is 5.63. The van der Waals surface area contributed by atoms with Gasteiger partial charge in [0.25, 0.3) is 0 Å². The summed E-state index contributed by atoms with van der Waals surface area (Å²) < 4.78 is 34.1. The first-order valence-electron chi connectivity index (χ1n) is 11.9. The molecule has 0 amide bonds. The van der Waals surface area contributed by atoms with Crippen LogP contribution in [0.5, 0.6) is 5.75 Å². The molecule has 162 valence electrons. The fraction of sp³-hybridized carbons (Fsp3) is 0.692. The van der Waals surface area contributed by atoms with Gasteiger partial charge in [-0.25, -0.2) is 4.39 Å². The molecule has 2 fully saturated rings. The van der Waals surface area contributed by atoms with Crippen LogP contribution in [0.3, 0.4) is 0 Å². The summed E-state index contributed by atoms with van der Waals surface area (Å²) in [5, 5.41) is 0. The van der Waals surface area contributed by atoms with Crippen molar-refractivity contribution in [3.05, 3.63) is 41.7 Å². The zero-order chi connectivity index (χ0) is 20.6. The van der Waals surface area contributed by atoms with E-state index < -0.39 is 11.6 Å². The highest BCUT2D eigenvalue weighted by molar-refractivity contribution is 5.33. The third-order valence-corrected chi connectivity index (χ3v) is 7.39. The largest absolute Gasteiger partial charge is 0.462 e. The molecule has 0 radical (unpaired) electrons. The van der Waals surface area contributed by atoms with E-state index in [1.165, 1.54) is 57.6 Å². The molecule has 3 rings (SSSR count). The van der Waals surface area contributed by atoms with Crippen LogP contribution in [0.15, 0.2) is 24.5 Å². The smallest absolute Gasteiger partial charge is 0.201 e. The molecule has 0 unspecified atom stereocenters. The van der Waals surface area contributed by atoms with Crippen LogP contribution in [-0.4, -0.2) is 0 Å². The molecular weight excluding hydrogens is 366 g/mol. The van der Waals surface area contributed by atoms with Crippen molar-refractivity contribution in [3.8, 4) is 5.75 Å². The van der Waals surface area contributed by atoms with Crippen molar-refractivity contribution in [3.63, 3.8) is 0 Å². The first kappa shape index (κ1) is 22.3. The molecular formula is C26H38F2O. The zero-order valence-corrected chi connectivity index (χ0v) is 18.3. The summed E-state index contributed by atoms with van der Waals surface area (Å²) in [7, 11) is 0. The second kappa shape index (κ2) is 11.1.